The van der Waals surface area contributed by atoms with Crippen LogP contribution in [-0.2, 0) is 11.3 Å². The molecule has 2 N–H and O–H groups in total. The van der Waals surface area contributed by atoms with Crippen LogP contribution in [0.1, 0.15) is 23.9 Å². The number of hydrogen-bond donors (Lipinski definition) is 2. The molecular weight excluding hydrogens is 460 g/mol. The van der Waals surface area contributed by atoms with Gasteiger partial charge in [0.25, 0.3) is 5.91 Å². The summed E-state index contributed by atoms with van der Waals surface area (Å²) < 4.78 is 12.7. The molecule has 0 aliphatic carbocycles. The zero-order chi connectivity index (χ0) is 20.6. The first-order valence-corrected chi connectivity index (χ1v) is 11.0. The molecule has 3 heterocycles. The second kappa shape index (κ2) is 10.6. The first kappa shape index (κ1) is 21.6. The summed E-state index contributed by atoms with van der Waals surface area (Å²) in [6, 6.07) is 3.30. The number of rotatable bonds is 11. The van der Waals surface area contributed by atoms with Crippen molar-refractivity contribution in [3.8, 4) is 0 Å². The molecule has 0 spiro atoms. The van der Waals surface area contributed by atoms with Crippen molar-refractivity contribution < 1.29 is 13.9 Å². The van der Waals surface area contributed by atoms with Gasteiger partial charge >= 0.3 is 0 Å². The summed E-state index contributed by atoms with van der Waals surface area (Å²) in [5.41, 5.74) is 0.730. The average Bonchev–Trinajstić information content (AvgIpc) is 3.33. The number of ether oxygens (including phenoxy) is 1. The first-order valence-electron chi connectivity index (χ1n) is 9.25. The number of hydrogen-bond acceptors (Lipinski definition) is 8. The Morgan fingerprint density at radius 1 is 1.34 bits per heavy atom. The zero-order valence-electron chi connectivity index (χ0n) is 16.3. The molecular formula is C18H23BrN6O3S. The number of fused-ring (bicyclic) bond motifs is 1. The fourth-order valence-corrected chi connectivity index (χ4v) is 3.56. The summed E-state index contributed by atoms with van der Waals surface area (Å²) in [6.45, 7) is 4.20. The standard InChI is InChI=1S/C18H23BrN6O3S/c1-3-10-29-18-23-15(20-7-9-27-2)12-11-22-25(16(12)24-18)8-6-21-17(26)13-4-5-14(19)28-13/h4-5,11H,3,6-10H2,1-2H3,(H,21,26)(H,20,23,24). The monoisotopic (exact) mass is 482 g/mol. The van der Waals surface area contributed by atoms with Crippen LogP contribution >= 0.6 is 27.7 Å². The number of furan rings is 1. The molecule has 0 saturated heterocycles. The summed E-state index contributed by atoms with van der Waals surface area (Å²) >= 11 is 4.80. The third-order valence-electron chi connectivity index (χ3n) is 3.92. The third-order valence-corrected chi connectivity index (χ3v) is 5.40. The van der Waals surface area contributed by atoms with Gasteiger partial charge in [0.15, 0.2) is 21.2 Å². The van der Waals surface area contributed by atoms with Crippen molar-refractivity contribution in [3.05, 3.63) is 28.8 Å². The van der Waals surface area contributed by atoms with E-state index in [1.54, 1.807) is 41.9 Å². The summed E-state index contributed by atoms with van der Waals surface area (Å²) in [6.07, 6.45) is 2.77. The van der Waals surface area contributed by atoms with Gasteiger partial charge in [-0.05, 0) is 34.5 Å². The molecule has 29 heavy (non-hydrogen) atoms. The molecule has 0 aromatic carbocycles. The average molecular weight is 483 g/mol. The van der Waals surface area contributed by atoms with E-state index in [-0.39, 0.29) is 11.7 Å². The van der Waals surface area contributed by atoms with E-state index in [0.29, 0.717) is 36.1 Å². The summed E-state index contributed by atoms with van der Waals surface area (Å²) in [7, 11) is 1.66. The minimum Gasteiger partial charge on any atom is -0.444 e. The molecule has 156 valence electrons. The van der Waals surface area contributed by atoms with Crippen LogP contribution in [-0.4, -0.2) is 58.2 Å². The Hall–Kier alpha value is -2.11. The Balaban J connectivity index is 1.73. The maximum atomic E-state index is 12.1. The van der Waals surface area contributed by atoms with Crippen LogP contribution in [0.2, 0.25) is 0 Å². The molecule has 0 fully saturated rings. The van der Waals surface area contributed by atoms with Crippen molar-refractivity contribution in [2.75, 3.05) is 37.9 Å². The van der Waals surface area contributed by atoms with Crippen LogP contribution in [0.25, 0.3) is 11.0 Å². The fourth-order valence-electron chi connectivity index (χ4n) is 2.56. The van der Waals surface area contributed by atoms with Crippen molar-refractivity contribution in [1.82, 2.24) is 25.1 Å². The second-order valence-electron chi connectivity index (χ2n) is 6.09. The highest BCUT2D eigenvalue weighted by Crippen LogP contribution is 2.24. The number of aromatic nitrogens is 4. The summed E-state index contributed by atoms with van der Waals surface area (Å²) in [5, 5.41) is 12.1. The predicted octanol–water partition coefficient (Wildman–Crippen LogP) is 3.17. The Morgan fingerprint density at radius 2 is 2.21 bits per heavy atom. The Labute approximate surface area is 181 Å². The molecule has 3 aromatic heterocycles. The van der Waals surface area contributed by atoms with Crippen LogP contribution in [0.5, 0.6) is 0 Å². The van der Waals surface area contributed by atoms with E-state index < -0.39 is 0 Å². The quantitative estimate of drug-likeness (QED) is 0.243. The molecule has 3 aromatic rings. The van der Waals surface area contributed by atoms with Crippen molar-refractivity contribution in [3.63, 3.8) is 0 Å². The topological polar surface area (TPSA) is 107 Å². The zero-order valence-corrected chi connectivity index (χ0v) is 18.7. The Morgan fingerprint density at radius 3 is 2.93 bits per heavy atom. The van der Waals surface area contributed by atoms with Crippen LogP contribution < -0.4 is 10.6 Å². The highest BCUT2D eigenvalue weighted by atomic mass is 79.9. The molecule has 0 bridgehead atoms. The number of anilines is 1. The number of nitrogens with zero attached hydrogens (tertiary/aromatic N) is 4. The van der Waals surface area contributed by atoms with Gasteiger partial charge in [-0.25, -0.2) is 14.6 Å². The smallest absolute Gasteiger partial charge is 0.287 e. The molecule has 0 aliphatic rings. The minimum absolute atomic E-state index is 0.257. The number of carbonyl (C=O) groups excluding carboxylic acids is 1. The van der Waals surface area contributed by atoms with E-state index in [9.17, 15) is 4.79 Å². The van der Waals surface area contributed by atoms with Crippen molar-refractivity contribution in [1.29, 1.82) is 0 Å². The van der Waals surface area contributed by atoms with Gasteiger partial charge in [-0.15, -0.1) is 0 Å². The lowest BCUT2D eigenvalue weighted by molar-refractivity contribution is 0.0923. The SMILES string of the molecule is CCCSc1nc(NCCOC)c2cnn(CCNC(=O)c3ccc(Br)o3)c2n1. The largest absolute Gasteiger partial charge is 0.444 e. The molecule has 11 heteroatoms. The van der Waals surface area contributed by atoms with E-state index in [1.165, 1.54) is 0 Å². The number of halogens is 1. The van der Waals surface area contributed by atoms with Crippen LogP contribution in [0.4, 0.5) is 5.82 Å². The van der Waals surface area contributed by atoms with Gasteiger partial charge in [-0.3, -0.25) is 4.79 Å². The van der Waals surface area contributed by atoms with E-state index >= 15 is 0 Å². The van der Waals surface area contributed by atoms with Crippen LogP contribution in [0.3, 0.4) is 0 Å². The summed E-state index contributed by atoms with van der Waals surface area (Å²) in [4.78, 5) is 21.4. The number of nitrogens with one attached hydrogen (secondary N) is 2. The highest BCUT2D eigenvalue weighted by molar-refractivity contribution is 9.10. The Kier molecular flexibility index (Phi) is 7.90. The van der Waals surface area contributed by atoms with E-state index in [1.807, 2.05) is 0 Å². The minimum atomic E-state index is -0.275. The van der Waals surface area contributed by atoms with Gasteiger partial charge < -0.3 is 19.8 Å². The molecule has 0 radical (unpaired) electrons. The van der Waals surface area contributed by atoms with Crippen molar-refractivity contribution in [2.24, 2.45) is 0 Å². The number of methoxy groups -OCH3 is 1. The van der Waals surface area contributed by atoms with Gasteiger partial charge in [0, 0.05) is 26.0 Å². The molecule has 0 saturated carbocycles. The van der Waals surface area contributed by atoms with E-state index in [4.69, 9.17) is 9.15 Å². The van der Waals surface area contributed by atoms with E-state index in [0.717, 1.165) is 29.0 Å². The maximum Gasteiger partial charge on any atom is 0.287 e. The number of amides is 1. The normalized spacial score (nSPS) is 11.1. The Bertz CT molecular complexity index is 960. The van der Waals surface area contributed by atoms with Crippen molar-refractivity contribution in [2.45, 2.75) is 25.0 Å². The lowest BCUT2D eigenvalue weighted by Gasteiger charge is -2.09. The molecule has 0 atom stereocenters. The first-order chi connectivity index (χ1) is 14.1. The second-order valence-corrected chi connectivity index (χ2v) is 7.93. The predicted molar refractivity (Wildman–Crippen MR) is 115 cm³/mol. The molecule has 1 amide bonds. The van der Waals surface area contributed by atoms with Crippen LogP contribution in [0, 0.1) is 0 Å². The van der Waals surface area contributed by atoms with E-state index in [2.05, 4.69) is 48.6 Å². The van der Waals surface area contributed by atoms with Gasteiger partial charge in [0.2, 0.25) is 0 Å². The highest BCUT2D eigenvalue weighted by Gasteiger charge is 2.14. The third kappa shape index (κ3) is 5.71. The number of carbonyl (C=O) groups is 1. The lowest BCUT2D eigenvalue weighted by Crippen LogP contribution is -2.27. The maximum absolute atomic E-state index is 12.1. The fraction of sp³-hybridized carbons (Fsp3) is 0.444. The van der Waals surface area contributed by atoms with Crippen molar-refractivity contribution >= 4 is 50.5 Å². The van der Waals surface area contributed by atoms with Gasteiger partial charge in [0.1, 0.15) is 5.82 Å². The number of thioether (sulfide) groups is 1. The molecule has 9 nitrogen and oxygen atoms in total. The lowest BCUT2D eigenvalue weighted by atomic mass is 10.4. The van der Waals surface area contributed by atoms with Gasteiger partial charge in [0.05, 0.1) is 24.7 Å². The van der Waals surface area contributed by atoms with Gasteiger partial charge in [-0.2, -0.15) is 5.10 Å². The molecule has 0 unspecified atom stereocenters. The molecule has 0 aliphatic heterocycles. The summed E-state index contributed by atoms with van der Waals surface area (Å²) in [5.74, 6) is 1.66. The molecule has 3 rings (SSSR count). The van der Waals surface area contributed by atoms with Crippen LogP contribution in [0.15, 0.2) is 32.6 Å². The van der Waals surface area contributed by atoms with Gasteiger partial charge in [-0.1, -0.05) is 18.7 Å².